The highest BCUT2D eigenvalue weighted by atomic mass is 15.3. The van der Waals surface area contributed by atoms with Gasteiger partial charge in [0.1, 0.15) is 0 Å². The number of benzene rings is 1. The van der Waals surface area contributed by atoms with Gasteiger partial charge >= 0.3 is 0 Å². The van der Waals surface area contributed by atoms with Crippen molar-refractivity contribution >= 4 is 22.7 Å². The first-order valence-electron chi connectivity index (χ1n) is 6.55. The molecule has 0 aliphatic rings. The van der Waals surface area contributed by atoms with E-state index in [1.807, 2.05) is 43.8 Å². The van der Waals surface area contributed by atoms with Crippen molar-refractivity contribution in [1.29, 1.82) is 0 Å². The number of aromatic nitrogens is 4. The molecule has 3 rings (SSSR count). The summed E-state index contributed by atoms with van der Waals surface area (Å²) in [6.07, 6.45) is 0. The van der Waals surface area contributed by atoms with Crippen LogP contribution in [0.5, 0.6) is 0 Å². The third-order valence-electron chi connectivity index (χ3n) is 3.65. The van der Waals surface area contributed by atoms with Crippen LogP contribution in [-0.4, -0.2) is 19.7 Å². The average Bonchev–Trinajstić information content (AvgIpc) is 2.71. The van der Waals surface area contributed by atoms with E-state index in [2.05, 4.69) is 20.5 Å². The number of anilines is 2. The molecule has 0 aliphatic heterocycles. The third kappa shape index (κ3) is 2.07. The highest BCUT2D eigenvalue weighted by Gasteiger charge is 2.13. The Morgan fingerprint density at radius 2 is 1.95 bits per heavy atom. The Hall–Kier alpha value is -2.67. The lowest BCUT2D eigenvalue weighted by atomic mass is 10.0. The van der Waals surface area contributed by atoms with Gasteiger partial charge in [-0.3, -0.25) is 4.68 Å². The Labute approximate surface area is 122 Å². The molecule has 0 fully saturated rings. The zero-order valence-electron chi connectivity index (χ0n) is 12.2. The number of nitrogens with two attached hydrogens (primary N) is 2. The molecule has 2 heterocycles. The number of nitrogen functional groups attached to an aromatic ring is 2. The van der Waals surface area contributed by atoms with Crippen LogP contribution in [0.3, 0.4) is 0 Å². The molecule has 1 aromatic carbocycles. The van der Waals surface area contributed by atoms with Gasteiger partial charge in [-0.05, 0) is 31.5 Å². The minimum absolute atomic E-state index is 0.192. The van der Waals surface area contributed by atoms with Crippen molar-refractivity contribution in [2.75, 3.05) is 11.2 Å². The molecule has 21 heavy (non-hydrogen) atoms. The zero-order chi connectivity index (χ0) is 15.1. The maximum atomic E-state index is 5.67. The predicted molar refractivity (Wildman–Crippen MR) is 83.4 cm³/mol. The highest BCUT2D eigenvalue weighted by molar-refractivity contribution is 5.93. The maximum Gasteiger partial charge on any atom is 0.222 e. The molecule has 108 valence electrons. The maximum absolute atomic E-state index is 5.67. The Balaban J connectivity index is 2.28. The first-order chi connectivity index (χ1) is 10.0. The lowest BCUT2D eigenvalue weighted by molar-refractivity contribution is 0.731. The van der Waals surface area contributed by atoms with Crippen LogP contribution in [0.25, 0.3) is 22.0 Å². The molecule has 7 nitrogen and oxygen atoms in total. The summed E-state index contributed by atoms with van der Waals surface area (Å²) in [5.74, 6) is 6.23. The molecule has 0 atom stereocenters. The van der Waals surface area contributed by atoms with Crippen molar-refractivity contribution in [3.63, 3.8) is 0 Å². The van der Waals surface area contributed by atoms with Crippen molar-refractivity contribution in [1.82, 2.24) is 19.7 Å². The van der Waals surface area contributed by atoms with Crippen molar-refractivity contribution in [3.8, 4) is 11.1 Å². The highest BCUT2D eigenvalue weighted by Crippen LogP contribution is 2.31. The topological polar surface area (TPSA) is 108 Å². The third-order valence-corrected chi connectivity index (χ3v) is 3.65. The van der Waals surface area contributed by atoms with Crippen molar-refractivity contribution in [3.05, 3.63) is 29.6 Å². The second-order valence-electron chi connectivity index (χ2n) is 4.98. The average molecular weight is 283 g/mol. The molecule has 0 saturated carbocycles. The van der Waals surface area contributed by atoms with Crippen LogP contribution in [0.1, 0.15) is 11.4 Å². The van der Waals surface area contributed by atoms with E-state index in [0.717, 1.165) is 33.4 Å². The SMILES string of the molecule is Cc1nn(C)c(C)c1-c1ccc2nc(N)nc(NN)c2c1. The van der Waals surface area contributed by atoms with E-state index in [-0.39, 0.29) is 5.95 Å². The van der Waals surface area contributed by atoms with Gasteiger partial charge in [0, 0.05) is 23.7 Å². The quantitative estimate of drug-likeness (QED) is 0.486. The number of hydrogen-bond acceptors (Lipinski definition) is 6. The summed E-state index contributed by atoms with van der Waals surface area (Å²) < 4.78 is 1.87. The van der Waals surface area contributed by atoms with E-state index in [0.29, 0.717) is 5.82 Å². The first kappa shape index (κ1) is 13.3. The molecule has 0 radical (unpaired) electrons. The molecule has 0 amide bonds. The fraction of sp³-hybridized carbons (Fsp3) is 0.214. The van der Waals surface area contributed by atoms with E-state index >= 15 is 0 Å². The summed E-state index contributed by atoms with van der Waals surface area (Å²) in [6, 6.07) is 5.92. The predicted octanol–water partition coefficient (Wildman–Crippen LogP) is 1.51. The molecule has 0 bridgehead atoms. The van der Waals surface area contributed by atoms with Gasteiger partial charge in [-0.15, -0.1) is 0 Å². The second-order valence-corrected chi connectivity index (χ2v) is 4.98. The van der Waals surface area contributed by atoms with E-state index in [9.17, 15) is 0 Å². The molecule has 3 aromatic rings. The molecular formula is C14H17N7. The normalized spacial score (nSPS) is 11.0. The Morgan fingerprint density at radius 1 is 1.19 bits per heavy atom. The molecule has 0 unspecified atom stereocenters. The number of hydrazine groups is 1. The molecule has 2 aromatic heterocycles. The summed E-state index contributed by atoms with van der Waals surface area (Å²) in [6.45, 7) is 4.04. The van der Waals surface area contributed by atoms with E-state index in [1.165, 1.54) is 0 Å². The minimum atomic E-state index is 0.192. The summed E-state index contributed by atoms with van der Waals surface area (Å²) in [5.41, 5.74) is 13.2. The van der Waals surface area contributed by atoms with Crippen molar-refractivity contribution in [2.45, 2.75) is 13.8 Å². The summed E-state index contributed by atoms with van der Waals surface area (Å²) in [7, 11) is 1.93. The number of rotatable bonds is 2. The molecule has 7 heteroatoms. The van der Waals surface area contributed by atoms with Gasteiger partial charge in [0.05, 0.1) is 11.2 Å². The van der Waals surface area contributed by atoms with Gasteiger partial charge < -0.3 is 11.2 Å². The van der Waals surface area contributed by atoms with Gasteiger partial charge in [0.25, 0.3) is 0 Å². The largest absolute Gasteiger partial charge is 0.368 e. The fourth-order valence-corrected chi connectivity index (χ4v) is 2.60. The van der Waals surface area contributed by atoms with Crippen LogP contribution in [0.4, 0.5) is 11.8 Å². The van der Waals surface area contributed by atoms with Gasteiger partial charge in [-0.25, -0.2) is 10.8 Å². The number of fused-ring (bicyclic) bond motifs is 1. The van der Waals surface area contributed by atoms with Crippen LogP contribution < -0.4 is 17.0 Å². The molecular weight excluding hydrogens is 266 g/mol. The van der Waals surface area contributed by atoms with Gasteiger partial charge in [-0.2, -0.15) is 10.1 Å². The lowest BCUT2D eigenvalue weighted by Gasteiger charge is -2.08. The monoisotopic (exact) mass is 283 g/mol. The number of nitrogens with zero attached hydrogens (tertiary/aromatic N) is 4. The zero-order valence-corrected chi connectivity index (χ0v) is 12.2. The van der Waals surface area contributed by atoms with Gasteiger partial charge in [0.15, 0.2) is 5.82 Å². The number of hydrogen-bond donors (Lipinski definition) is 3. The number of nitrogens with one attached hydrogen (secondary N) is 1. The van der Waals surface area contributed by atoms with Crippen LogP contribution in [0.2, 0.25) is 0 Å². The Kier molecular flexibility index (Phi) is 2.99. The smallest absolute Gasteiger partial charge is 0.222 e. The molecule has 0 spiro atoms. The van der Waals surface area contributed by atoms with Crippen molar-refractivity contribution < 1.29 is 0 Å². The standard InChI is InChI=1S/C14H17N7/c1-7-12(8(2)21(3)20-7)9-4-5-11-10(6-9)13(19-16)18-14(15)17-11/h4-6H,16H2,1-3H3,(H3,15,17,18,19). The van der Waals surface area contributed by atoms with Gasteiger partial charge in [-0.1, -0.05) is 6.07 Å². The summed E-state index contributed by atoms with van der Waals surface area (Å²) in [4.78, 5) is 8.33. The minimum Gasteiger partial charge on any atom is -0.368 e. The Morgan fingerprint density at radius 3 is 2.57 bits per heavy atom. The molecule has 5 N–H and O–H groups in total. The summed E-state index contributed by atoms with van der Waals surface area (Å²) in [5, 5.41) is 5.27. The van der Waals surface area contributed by atoms with Crippen LogP contribution in [0.15, 0.2) is 18.2 Å². The molecule has 0 aliphatic carbocycles. The van der Waals surface area contributed by atoms with E-state index in [1.54, 1.807) is 0 Å². The van der Waals surface area contributed by atoms with Crippen LogP contribution in [0, 0.1) is 13.8 Å². The fourth-order valence-electron chi connectivity index (χ4n) is 2.60. The number of aryl methyl sites for hydroxylation is 2. The van der Waals surface area contributed by atoms with Crippen LogP contribution >= 0.6 is 0 Å². The van der Waals surface area contributed by atoms with Crippen LogP contribution in [-0.2, 0) is 7.05 Å². The van der Waals surface area contributed by atoms with E-state index in [4.69, 9.17) is 11.6 Å². The summed E-state index contributed by atoms with van der Waals surface area (Å²) >= 11 is 0. The second kappa shape index (κ2) is 4.71. The lowest BCUT2D eigenvalue weighted by Crippen LogP contribution is -2.11. The van der Waals surface area contributed by atoms with Crippen molar-refractivity contribution in [2.24, 2.45) is 12.9 Å². The van der Waals surface area contributed by atoms with E-state index < -0.39 is 0 Å². The Bertz CT molecular complexity index is 835. The van der Waals surface area contributed by atoms with Gasteiger partial charge in [0.2, 0.25) is 5.95 Å². The molecule has 0 saturated heterocycles. The first-order valence-corrected chi connectivity index (χ1v) is 6.55.